The fourth-order valence-electron chi connectivity index (χ4n) is 2.60. The molecule has 0 bridgehead atoms. The normalized spacial score (nSPS) is 22.6. The standard InChI is InChI=1S/C14H26N2O4/c1-5-11-10(7-8-20-11)9-15-13(19)16(6-2)14(3,4)12(17)18/h10-11H,5-9H2,1-4H3,(H,15,19)(H,17,18). The molecule has 2 amide bonds. The minimum Gasteiger partial charge on any atom is -0.480 e. The van der Waals surface area contributed by atoms with Gasteiger partial charge in [-0.1, -0.05) is 6.92 Å². The van der Waals surface area contributed by atoms with E-state index >= 15 is 0 Å². The lowest BCUT2D eigenvalue weighted by atomic mass is 9.99. The highest BCUT2D eigenvalue weighted by Gasteiger charge is 2.37. The smallest absolute Gasteiger partial charge is 0.329 e. The number of carbonyl (C=O) groups is 2. The van der Waals surface area contributed by atoms with Gasteiger partial charge in [-0.25, -0.2) is 9.59 Å². The molecule has 0 aromatic rings. The molecule has 0 aromatic heterocycles. The van der Waals surface area contributed by atoms with Gasteiger partial charge < -0.3 is 20.1 Å². The van der Waals surface area contributed by atoms with E-state index < -0.39 is 11.5 Å². The summed E-state index contributed by atoms with van der Waals surface area (Å²) in [6.45, 7) is 8.52. The van der Waals surface area contributed by atoms with Crippen LogP contribution in [-0.2, 0) is 9.53 Å². The van der Waals surface area contributed by atoms with Crippen molar-refractivity contribution in [2.75, 3.05) is 19.7 Å². The number of hydrogen-bond donors (Lipinski definition) is 2. The van der Waals surface area contributed by atoms with Gasteiger partial charge in [-0.15, -0.1) is 0 Å². The van der Waals surface area contributed by atoms with Crippen LogP contribution in [0.1, 0.15) is 40.5 Å². The molecule has 1 heterocycles. The zero-order valence-electron chi connectivity index (χ0n) is 12.8. The van der Waals surface area contributed by atoms with Gasteiger partial charge in [0.2, 0.25) is 0 Å². The lowest BCUT2D eigenvalue weighted by Crippen LogP contribution is -2.56. The summed E-state index contributed by atoms with van der Waals surface area (Å²) in [6.07, 6.45) is 2.06. The topological polar surface area (TPSA) is 78.9 Å². The number of carboxylic acids is 1. The molecule has 1 saturated heterocycles. The second-order valence-electron chi connectivity index (χ2n) is 5.66. The van der Waals surface area contributed by atoms with E-state index in [1.54, 1.807) is 6.92 Å². The predicted octanol–water partition coefficient (Wildman–Crippen LogP) is 1.70. The summed E-state index contributed by atoms with van der Waals surface area (Å²) >= 11 is 0. The number of hydrogen-bond acceptors (Lipinski definition) is 3. The van der Waals surface area contributed by atoms with E-state index in [4.69, 9.17) is 4.74 Å². The maximum absolute atomic E-state index is 12.2. The number of rotatable bonds is 6. The largest absolute Gasteiger partial charge is 0.480 e. The van der Waals surface area contributed by atoms with Crippen LogP contribution in [-0.4, -0.2) is 53.3 Å². The Morgan fingerprint density at radius 3 is 2.55 bits per heavy atom. The van der Waals surface area contributed by atoms with Crippen molar-refractivity contribution >= 4 is 12.0 Å². The number of carbonyl (C=O) groups excluding carboxylic acids is 1. The highest BCUT2D eigenvalue weighted by Crippen LogP contribution is 2.23. The van der Waals surface area contributed by atoms with Crippen molar-refractivity contribution in [3.63, 3.8) is 0 Å². The second kappa shape index (κ2) is 6.92. The number of ether oxygens (including phenoxy) is 1. The van der Waals surface area contributed by atoms with Crippen molar-refractivity contribution in [1.29, 1.82) is 0 Å². The highest BCUT2D eigenvalue weighted by atomic mass is 16.5. The molecule has 1 fully saturated rings. The summed E-state index contributed by atoms with van der Waals surface area (Å²) in [6, 6.07) is -0.332. The average molecular weight is 286 g/mol. The quantitative estimate of drug-likeness (QED) is 0.779. The van der Waals surface area contributed by atoms with Crippen LogP contribution >= 0.6 is 0 Å². The van der Waals surface area contributed by atoms with Crippen molar-refractivity contribution < 1.29 is 19.4 Å². The Kier molecular flexibility index (Phi) is 5.80. The molecule has 1 aliphatic heterocycles. The van der Waals surface area contributed by atoms with Gasteiger partial charge in [-0.2, -0.15) is 0 Å². The SMILES string of the molecule is CCC1OCCC1CNC(=O)N(CC)C(C)(C)C(=O)O. The van der Waals surface area contributed by atoms with Crippen LogP contribution in [0, 0.1) is 5.92 Å². The molecule has 1 aliphatic rings. The fraction of sp³-hybridized carbons (Fsp3) is 0.857. The molecular formula is C14H26N2O4. The van der Waals surface area contributed by atoms with Gasteiger partial charge in [-0.05, 0) is 33.6 Å². The Balaban J connectivity index is 2.58. The molecule has 0 aliphatic carbocycles. The zero-order valence-corrected chi connectivity index (χ0v) is 12.8. The first-order valence-corrected chi connectivity index (χ1v) is 7.25. The van der Waals surface area contributed by atoms with Crippen LogP contribution in [0.5, 0.6) is 0 Å². The molecule has 0 spiro atoms. The first kappa shape index (κ1) is 16.8. The van der Waals surface area contributed by atoms with Crippen molar-refractivity contribution in [1.82, 2.24) is 10.2 Å². The van der Waals surface area contributed by atoms with E-state index in [0.717, 1.165) is 19.4 Å². The maximum Gasteiger partial charge on any atom is 0.329 e. The average Bonchev–Trinajstić information content (AvgIpc) is 2.83. The van der Waals surface area contributed by atoms with Crippen molar-refractivity contribution in [2.45, 2.75) is 52.2 Å². The van der Waals surface area contributed by atoms with Gasteiger partial charge in [0.1, 0.15) is 5.54 Å². The summed E-state index contributed by atoms with van der Waals surface area (Å²) in [5, 5.41) is 12.1. The predicted molar refractivity (Wildman–Crippen MR) is 75.6 cm³/mol. The van der Waals surface area contributed by atoms with E-state index in [0.29, 0.717) is 19.0 Å². The van der Waals surface area contributed by atoms with Gasteiger partial charge >= 0.3 is 12.0 Å². The molecule has 6 heteroatoms. The van der Waals surface area contributed by atoms with E-state index in [9.17, 15) is 14.7 Å². The number of amides is 2. The lowest BCUT2D eigenvalue weighted by Gasteiger charge is -2.34. The third-order valence-electron chi connectivity index (χ3n) is 4.02. The van der Waals surface area contributed by atoms with Gasteiger partial charge in [0.25, 0.3) is 0 Å². The first-order chi connectivity index (χ1) is 9.34. The first-order valence-electron chi connectivity index (χ1n) is 7.25. The highest BCUT2D eigenvalue weighted by molar-refractivity contribution is 5.85. The summed E-state index contributed by atoms with van der Waals surface area (Å²) in [5.74, 6) is -0.694. The molecular weight excluding hydrogens is 260 g/mol. The second-order valence-corrected chi connectivity index (χ2v) is 5.66. The van der Waals surface area contributed by atoms with Crippen LogP contribution in [0.15, 0.2) is 0 Å². The van der Waals surface area contributed by atoms with Crippen LogP contribution in [0.2, 0.25) is 0 Å². The molecule has 1 rings (SSSR count). The Morgan fingerprint density at radius 1 is 1.40 bits per heavy atom. The number of urea groups is 1. The van der Waals surface area contributed by atoms with Crippen molar-refractivity contribution in [2.24, 2.45) is 5.92 Å². The molecule has 20 heavy (non-hydrogen) atoms. The Bertz CT molecular complexity index is 357. The van der Waals surface area contributed by atoms with Crippen molar-refractivity contribution in [3.8, 4) is 0 Å². The fourth-order valence-corrected chi connectivity index (χ4v) is 2.60. The van der Waals surface area contributed by atoms with E-state index in [2.05, 4.69) is 12.2 Å². The van der Waals surface area contributed by atoms with Gasteiger partial charge in [0.05, 0.1) is 6.10 Å². The third-order valence-corrected chi connectivity index (χ3v) is 4.02. The Hall–Kier alpha value is -1.30. The molecule has 2 atom stereocenters. The molecule has 0 aromatic carbocycles. The number of carboxylic acid groups (broad SMARTS) is 1. The molecule has 0 radical (unpaired) electrons. The molecule has 6 nitrogen and oxygen atoms in total. The molecule has 0 saturated carbocycles. The van der Waals surface area contributed by atoms with Gasteiger partial charge in [-0.3, -0.25) is 0 Å². The number of nitrogens with zero attached hydrogens (tertiary/aromatic N) is 1. The van der Waals surface area contributed by atoms with Crippen LogP contribution < -0.4 is 5.32 Å². The van der Waals surface area contributed by atoms with E-state index in [1.165, 1.54) is 18.7 Å². The van der Waals surface area contributed by atoms with Crippen LogP contribution in [0.4, 0.5) is 4.79 Å². The van der Waals surface area contributed by atoms with Crippen molar-refractivity contribution in [3.05, 3.63) is 0 Å². The number of aliphatic carboxylic acids is 1. The van der Waals surface area contributed by atoms with Gasteiger partial charge in [0.15, 0.2) is 0 Å². The summed E-state index contributed by atoms with van der Waals surface area (Å²) in [5.41, 5.74) is -1.21. The monoisotopic (exact) mass is 286 g/mol. The van der Waals surface area contributed by atoms with Gasteiger partial charge in [0, 0.05) is 25.6 Å². The minimum atomic E-state index is -1.21. The van der Waals surface area contributed by atoms with Crippen LogP contribution in [0.3, 0.4) is 0 Å². The van der Waals surface area contributed by atoms with E-state index in [-0.39, 0.29) is 12.1 Å². The Labute approximate surface area is 120 Å². The lowest BCUT2D eigenvalue weighted by molar-refractivity contribution is -0.147. The summed E-state index contributed by atoms with van der Waals surface area (Å²) in [7, 11) is 0. The minimum absolute atomic E-state index is 0.192. The molecule has 2 N–H and O–H groups in total. The zero-order chi connectivity index (χ0) is 15.3. The van der Waals surface area contributed by atoms with E-state index in [1.807, 2.05) is 0 Å². The summed E-state index contributed by atoms with van der Waals surface area (Å²) < 4.78 is 5.58. The maximum atomic E-state index is 12.2. The number of likely N-dealkylation sites (N-methyl/N-ethyl adjacent to an activating group) is 1. The summed E-state index contributed by atoms with van der Waals surface area (Å²) in [4.78, 5) is 24.8. The number of nitrogens with one attached hydrogen (secondary N) is 1. The van der Waals surface area contributed by atoms with Crippen LogP contribution in [0.25, 0.3) is 0 Å². The Morgan fingerprint density at radius 2 is 2.05 bits per heavy atom. The third kappa shape index (κ3) is 3.62. The molecule has 116 valence electrons. The molecule has 2 unspecified atom stereocenters.